The topological polar surface area (TPSA) is 50.8 Å². The first kappa shape index (κ1) is 17.8. The van der Waals surface area contributed by atoms with Gasteiger partial charge in [-0.1, -0.05) is 17.7 Å². The molecule has 1 fully saturated rings. The van der Waals surface area contributed by atoms with Crippen LogP contribution in [0.3, 0.4) is 0 Å². The van der Waals surface area contributed by atoms with Gasteiger partial charge < -0.3 is 14.8 Å². The zero-order valence-electron chi connectivity index (χ0n) is 14.3. The van der Waals surface area contributed by atoms with Gasteiger partial charge in [-0.3, -0.25) is 9.69 Å². The van der Waals surface area contributed by atoms with E-state index in [9.17, 15) is 4.79 Å². The van der Waals surface area contributed by atoms with Gasteiger partial charge >= 0.3 is 0 Å². The van der Waals surface area contributed by atoms with E-state index in [1.54, 1.807) is 17.4 Å². The van der Waals surface area contributed by atoms with Gasteiger partial charge in [0, 0.05) is 36.0 Å². The van der Waals surface area contributed by atoms with E-state index in [0.717, 1.165) is 37.6 Å². The number of amides is 1. The van der Waals surface area contributed by atoms with Crippen LogP contribution in [0, 0.1) is 0 Å². The quantitative estimate of drug-likeness (QED) is 0.850. The zero-order valence-corrected chi connectivity index (χ0v) is 15.9. The Labute approximate surface area is 161 Å². The highest BCUT2D eigenvalue weighted by Crippen LogP contribution is 2.31. The monoisotopic (exact) mass is 392 g/mol. The first-order valence-electron chi connectivity index (χ1n) is 8.79. The number of ether oxygens (including phenoxy) is 2. The molecule has 0 bridgehead atoms. The predicted molar refractivity (Wildman–Crippen MR) is 102 cm³/mol. The molecule has 2 aromatic rings. The lowest BCUT2D eigenvalue weighted by atomic mass is 10.1. The average molecular weight is 393 g/mol. The maximum Gasteiger partial charge on any atom is 0.261 e. The van der Waals surface area contributed by atoms with Crippen molar-refractivity contribution in [2.75, 3.05) is 32.8 Å². The second-order valence-corrected chi connectivity index (χ2v) is 7.90. The van der Waals surface area contributed by atoms with Gasteiger partial charge in [-0.15, -0.1) is 11.3 Å². The van der Waals surface area contributed by atoms with Crippen LogP contribution in [0.4, 0.5) is 0 Å². The molecule has 5 nitrogen and oxygen atoms in total. The summed E-state index contributed by atoms with van der Waals surface area (Å²) in [6.45, 7) is 3.79. The summed E-state index contributed by atoms with van der Waals surface area (Å²) in [5, 5.41) is 5.83. The number of nitrogens with one attached hydrogen (secondary N) is 1. The molecule has 2 aliphatic heterocycles. The molecule has 7 heteroatoms. The van der Waals surface area contributed by atoms with Gasteiger partial charge in [-0.25, -0.2) is 0 Å². The molecule has 1 aromatic heterocycles. The van der Waals surface area contributed by atoms with Crippen LogP contribution in [0.1, 0.15) is 16.5 Å². The number of morpholine rings is 1. The van der Waals surface area contributed by atoms with Crippen LogP contribution in [0.2, 0.25) is 5.02 Å². The number of hydrogen-bond donors (Lipinski definition) is 1. The summed E-state index contributed by atoms with van der Waals surface area (Å²) in [6.07, 6.45) is 0.0697. The molecule has 1 N–H and O–H groups in total. The van der Waals surface area contributed by atoms with Gasteiger partial charge in [-0.2, -0.15) is 0 Å². The van der Waals surface area contributed by atoms with Crippen LogP contribution >= 0.6 is 22.9 Å². The molecule has 3 heterocycles. The maximum atomic E-state index is 12.6. The third-order valence-electron chi connectivity index (χ3n) is 4.82. The van der Waals surface area contributed by atoms with Crippen molar-refractivity contribution in [3.05, 3.63) is 51.2 Å². The summed E-state index contributed by atoms with van der Waals surface area (Å²) >= 11 is 7.75. The Hall–Kier alpha value is -1.60. The fourth-order valence-corrected chi connectivity index (χ4v) is 4.51. The largest absolute Gasteiger partial charge is 0.480 e. The van der Waals surface area contributed by atoms with Gasteiger partial charge in [0.15, 0.2) is 6.10 Å². The number of carbonyl (C=O) groups excluding carboxylic acids is 1. The summed E-state index contributed by atoms with van der Waals surface area (Å²) in [4.78, 5) is 16.3. The number of benzene rings is 1. The summed E-state index contributed by atoms with van der Waals surface area (Å²) in [5.41, 5.74) is 0.987. The molecule has 2 aliphatic rings. The first-order chi connectivity index (χ1) is 12.7. The SMILES string of the molecule is O=C(NC[C@@H](c1cccs1)N1CCOCC1)[C@H]1Cc2cc(Cl)ccc2O1. The minimum Gasteiger partial charge on any atom is -0.480 e. The van der Waals surface area contributed by atoms with Crippen LogP contribution in [-0.4, -0.2) is 49.8 Å². The van der Waals surface area contributed by atoms with Crippen molar-refractivity contribution >= 4 is 28.8 Å². The van der Waals surface area contributed by atoms with E-state index in [0.29, 0.717) is 18.0 Å². The number of hydrogen-bond acceptors (Lipinski definition) is 5. The zero-order chi connectivity index (χ0) is 17.9. The Morgan fingerprint density at radius 3 is 2.96 bits per heavy atom. The fourth-order valence-electron chi connectivity index (χ4n) is 3.45. The van der Waals surface area contributed by atoms with E-state index >= 15 is 0 Å². The summed E-state index contributed by atoms with van der Waals surface area (Å²) in [5.74, 6) is 0.671. The number of carbonyl (C=O) groups is 1. The minimum absolute atomic E-state index is 0.0767. The molecule has 0 saturated carbocycles. The Balaban J connectivity index is 1.39. The van der Waals surface area contributed by atoms with E-state index in [4.69, 9.17) is 21.1 Å². The molecule has 0 spiro atoms. The fraction of sp³-hybridized carbons (Fsp3) is 0.421. The Bertz CT molecular complexity index is 762. The van der Waals surface area contributed by atoms with E-state index in [1.807, 2.05) is 12.1 Å². The Morgan fingerprint density at radius 2 is 2.19 bits per heavy atom. The lowest BCUT2D eigenvalue weighted by Crippen LogP contribution is -2.46. The molecule has 2 atom stereocenters. The number of thiophene rings is 1. The molecule has 0 aliphatic carbocycles. The minimum atomic E-state index is -0.489. The molecule has 138 valence electrons. The normalized spacial score (nSPS) is 21.0. The second-order valence-electron chi connectivity index (χ2n) is 6.49. The van der Waals surface area contributed by atoms with Crippen LogP contribution < -0.4 is 10.1 Å². The van der Waals surface area contributed by atoms with Crippen molar-refractivity contribution in [3.8, 4) is 5.75 Å². The van der Waals surface area contributed by atoms with Gasteiger partial charge in [0.2, 0.25) is 0 Å². The second kappa shape index (κ2) is 7.96. The average Bonchev–Trinajstić information content (AvgIpc) is 3.32. The standard InChI is InChI=1S/C19H21ClN2O3S/c20-14-3-4-16-13(10-14)11-17(25-16)19(23)21-12-15(18-2-1-9-26-18)22-5-7-24-8-6-22/h1-4,9-10,15,17H,5-8,11-12H2,(H,21,23)/t15-,17+/m0/s1. The Kier molecular flexibility index (Phi) is 5.45. The van der Waals surface area contributed by atoms with E-state index in [1.165, 1.54) is 4.88 Å². The van der Waals surface area contributed by atoms with Crippen molar-refractivity contribution in [2.24, 2.45) is 0 Å². The predicted octanol–water partition coefficient (Wildman–Crippen LogP) is 2.89. The lowest BCUT2D eigenvalue weighted by Gasteiger charge is -2.34. The van der Waals surface area contributed by atoms with Crippen molar-refractivity contribution in [1.29, 1.82) is 0 Å². The Morgan fingerprint density at radius 1 is 1.35 bits per heavy atom. The van der Waals surface area contributed by atoms with E-state index < -0.39 is 6.10 Å². The third-order valence-corrected chi connectivity index (χ3v) is 6.03. The van der Waals surface area contributed by atoms with E-state index in [2.05, 4.69) is 27.7 Å². The molecular weight excluding hydrogens is 372 g/mol. The van der Waals surface area contributed by atoms with Crippen LogP contribution in [0.25, 0.3) is 0 Å². The third kappa shape index (κ3) is 3.88. The van der Waals surface area contributed by atoms with Gasteiger partial charge in [0.1, 0.15) is 5.75 Å². The number of fused-ring (bicyclic) bond motifs is 1. The van der Waals surface area contributed by atoms with Crippen molar-refractivity contribution in [2.45, 2.75) is 18.6 Å². The summed E-state index contributed by atoms with van der Waals surface area (Å²) in [6, 6.07) is 9.82. The number of halogens is 1. The van der Waals surface area contributed by atoms with Crippen molar-refractivity contribution in [1.82, 2.24) is 10.2 Å². The van der Waals surface area contributed by atoms with Crippen LogP contribution in [0.15, 0.2) is 35.7 Å². The van der Waals surface area contributed by atoms with Crippen LogP contribution in [0.5, 0.6) is 5.75 Å². The highest BCUT2D eigenvalue weighted by Gasteiger charge is 2.31. The molecular formula is C19H21ClN2O3S. The summed E-state index contributed by atoms with van der Waals surface area (Å²) < 4.78 is 11.3. The lowest BCUT2D eigenvalue weighted by molar-refractivity contribution is -0.127. The molecule has 0 radical (unpaired) electrons. The molecule has 0 unspecified atom stereocenters. The molecule has 26 heavy (non-hydrogen) atoms. The smallest absolute Gasteiger partial charge is 0.261 e. The van der Waals surface area contributed by atoms with Crippen molar-refractivity contribution < 1.29 is 14.3 Å². The number of nitrogens with zero attached hydrogens (tertiary/aromatic N) is 1. The molecule has 1 saturated heterocycles. The van der Waals surface area contributed by atoms with Crippen LogP contribution in [-0.2, 0) is 16.0 Å². The van der Waals surface area contributed by atoms with E-state index in [-0.39, 0.29) is 11.9 Å². The molecule has 1 aromatic carbocycles. The first-order valence-corrected chi connectivity index (χ1v) is 10.0. The van der Waals surface area contributed by atoms with Gasteiger partial charge in [0.25, 0.3) is 5.91 Å². The van der Waals surface area contributed by atoms with Gasteiger partial charge in [0.05, 0.1) is 19.3 Å². The molecule has 4 rings (SSSR count). The van der Waals surface area contributed by atoms with Gasteiger partial charge in [-0.05, 0) is 35.2 Å². The maximum absolute atomic E-state index is 12.6. The molecule has 1 amide bonds. The summed E-state index contributed by atoms with van der Waals surface area (Å²) in [7, 11) is 0. The number of rotatable bonds is 5. The highest BCUT2D eigenvalue weighted by molar-refractivity contribution is 7.10. The highest BCUT2D eigenvalue weighted by atomic mass is 35.5. The van der Waals surface area contributed by atoms with Crippen molar-refractivity contribution in [3.63, 3.8) is 0 Å².